The van der Waals surface area contributed by atoms with Crippen molar-refractivity contribution in [1.82, 2.24) is 9.80 Å². The summed E-state index contributed by atoms with van der Waals surface area (Å²) in [6.45, 7) is 4.80. The van der Waals surface area contributed by atoms with Crippen LogP contribution in [0.4, 0.5) is 0 Å². The molecule has 0 radical (unpaired) electrons. The molecule has 0 aromatic heterocycles. The van der Waals surface area contributed by atoms with Crippen molar-refractivity contribution in [1.29, 1.82) is 0 Å². The fraction of sp³-hybridized carbons (Fsp3) is 0.875. The third-order valence-corrected chi connectivity index (χ3v) is 2.65. The van der Waals surface area contributed by atoms with Gasteiger partial charge in [-0.3, -0.25) is 9.69 Å². The lowest BCUT2D eigenvalue weighted by atomic mass is 10.1. The summed E-state index contributed by atoms with van der Waals surface area (Å²) in [5.41, 5.74) is -0.357. The van der Waals surface area contributed by atoms with Gasteiger partial charge < -0.3 is 9.64 Å². The predicted octanol–water partition coefficient (Wildman–Crippen LogP) is -0.493. The van der Waals surface area contributed by atoms with Gasteiger partial charge in [0.1, 0.15) is 6.61 Å². The van der Waals surface area contributed by atoms with Crippen LogP contribution in [0.25, 0.3) is 0 Å². The van der Waals surface area contributed by atoms with Gasteiger partial charge >= 0.3 is 0 Å². The summed E-state index contributed by atoms with van der Waals surface area (Å²) in [5, 5.41) is 0. The van der Waals surface area contributed by atoms with Crippen molar-refractivity contribution >= 4 is 5.91 Å². The van der Waals surface area contributed by atoms with Crippen LogP contribution in [0.5, 0.6) is 0 Å². The molecule has 0 aromatic rings. The van der Waals surface area contributed by atoms with E-state index in [4.69, 9.17) is 4.74 Å². The molecule has 1 amide bonds. The Balaban J connectivity index is 2.19. The molecule has 0 spiro atoms. The van der Waals surface area contributed by atoms with Crippen LogP contribution in [-0.4, -0.2) is 54.7 Å². The van der Waals surface area contributed by atoms with Crippen LogP contribution in [0, 0.1) is 0 Å². The molecule has 2 aliphatic heterocycles. The molecule has 1 atom stereocenters. The van der Waals surface area contributed by atoms with Crippen molar-refractivity contribution in [3.8, 4) is 0 Å². The zero-order valence-electron chi connectivity index (χ0n) is 7.54. The molecular weight excluding hydrogens is 156 g/mol. The van der Waals surface area contributed by atoms with Gasteiger partial charge in [0.05, 0.1) is 0 Å². The lowest BCUT2D eigenvalue weighted by molar-refractivity contribution is -0.139. The first-order chi connectivity index (χ1) is 5.62. The van der Waals surface area contributed by atoms with Crippen molar-refractivity contribution in [2.45, 2.75) is 12.6 Å². The highest BCUT2D eigenvalue weighted by Gasteiger charge is 2.45. The highest BCUT2D eigenvalue weighted by molar-refractivity contribution is 5.80. The van der Waals surface area contributed by atoms with Crippen molar-refractivity contribution in [2.24, 2.45) is 0 Å². The van der Waals surface area contributed by atoms with Gasteiger partial charge in [0.2, 0.25) is 0 Å². The minimum atomic E-state index is -0.357. The molecule has 68 valence electrons. The maximum absolute atomic E-state index is 11.3. The van der Waals surface area contributed by atoms with E-state index in [1.54, 1.807) is 0 Å². The third kappa shape index (κ3) is 1.03. The minimum Gasteiger partial charge on any atom is -0.345 e. The zero-order valence-corrected chi connectivity index (χ0v) is 7.54. The molecule has 2 rings (SSSR count). The molecule has 0 saturated carbocycles. The Morgan fingerprint density at radius 2 is 2.25 bits per heavy atom. The first-order valence-corrected chi connectivity index (χ1v) is 4.25. The number of fused-ring (bicyclic) bond motifs is 1. The third-order valence-electron chi connectivity index (χ3n) is 2.65. The van der Waals surface area contributed by atoms with E-state index in [1.165, 1.54) is 0 Å². The van der Waals surface area contributed by atoms with Gasteiger partial charge in [0.25, 0.3) is 5.91 Å². The largest absolute Gasteiger partial charge is 0.345 e. The Bertz CT molecular complexity index is 219. The summed E-state index contributed by atoms with van der Waals surface area (Å²) in [6.07, 6.45) is 0. The second kappa shape index (κ2) is 2.44. The molecule has 4 heteroatoms. The molecule has 2 saturated heterocycles. The average molecular weight is 170 g/mol. The quantitative estimate of drug-likeness (QED) is 0.491. The number of nitrogens with zero attached hydrogens (tertiary/aromatic N) is 2. The van der Waals surface area contributed by atoms with E-state index in [0.717, 1.165) is 19.6 Å². The summed E-state index contributed by atoms with van der Waals surface area (Å²) < 4.78 is 5.46. The van der Waals surface area contributed by atoms with Crippen molar-refractivity contribution in [3.05, 3.63) is 0 Å². The van der Waals surface area contributed by atoms with Crippen LogP contribution in [0.3, 0.4) is 0 Å². The molecule has 0 aromatic carbocycles. The van der Waals surface area contributed by atoms with E-state index in [9.17, 15) is 4.79 Å². The van der Waals surface area contributed by atoms with Crippen LogP contribution in [0.2, 0.25) is 0 Å². The van der Waals surface area contributed by atoms with Crippen molar-refractivity contribution < 1.29 is 9.53 Å². The topological polar surface area (TPSA) is 32.8 Å². The summed E-state index contributed by atoms with van der Waals surface area (Å²) >= 11 is 0. The van der Waals surface area contributed by atoms with Crippen LogP contribution >= 0.6 is 0 Å². The molecule has 0 aliphatic carbocycles. The number of amides is 1. The smallest absolute Gasteiger partial charge is 0.251 e. The van der Waals surface area contributed by atoms with Gasteiger partial charge in [0, 0.05) is 19.6 Å². The summed E-state index contributed by atoms with van der Waals surface area (Å²) in [7, 11) is 2.05. The first-order valence-electron chi connectivity index (χ1n) is 4.25. The number of piperazine rings is 1. The van der Waals surface area contributed by atoms with Crippen molar-refractivity contribution in [2.75, 3.05) is 33.3 Å². The fourth-order valence-corrected chi connectivity index (χ4v) is 1.98. The van der Waals surface area contributed by atoms with Crippen LogP contribution < -0.4 is 0 Å². The average Bonchev–Trinajstić information content (AvgIpc) is 2.27. The van der Waals surface area contributed by atoms with Gasteiger partial charge in [-0.05, 0) is 14.0 Å². The zero-order chi connectivity index (χ0) is 8.77. The number of carbonyl (C=O) groups excluding carboxylic acids is 1. The van der Waals surface area contributed by atoms with Gasteiger partial charge in [-0.1, -0.05) is 0 Å². The second-order valence-electron chi connectivity index (χ2n) is 3.75. The van der Waals surface area contributed by atoms with Crippen LogP contribution in [-0.2, 0) is 9.53 Å². The first kappa shape index (κ1) is 8.01. The highest BCUT2D eigenvalue weighted by atomic mass is 16.5. The SMILES string of the molecule is CN1CCN2C(=O)COC2(C)C1. The minimum absolute atomic E-state index is 0.130. The number of hydrogen-bond donors (Lipinski definition) is 0. The van der Waals surface area contributed by atoms with E-state index in [2.05, 4.69) is 11.9 Å². The molecule has 0 N–H and O–H groups in total. The van der Waals surface area contributed by atoms with Gasteiger partial charge in [-0.2, -0.15) is 0 Å². The molecule has 2 aliphatic rings. The maximum atomic E-state index is 11.3. The highest BCUT2D eigenvalue weighted by Crippen LogP contribution is 2.27. The normalized spacial score (nSPS) is 37.2. The van der Waals surface area contributed by atoms with E-state index in [0.29, 0.717) is 0 Å². The molecule has 2 heterocycles. The Morgan fingerprint density at radius 3 is 3.00 bits per heavy atom. The molecule has 2 fully saturated rings. The van der Waals surface area contributed by atoms with E-state index < -0.39 is 0 Å². The Kier molecular flexibility index (Phi) is 1.63. The van der Waals surface area contributed by atoms with Crippen LogP contribution in [0.1, 0.15) is 6.92 Å². The Labute approximate surface area is 72.1 Å². The van der Waals surface area contributed by atoms with Crippen molar-refractivity contribution in [3.63, 3.8) is 0 Å². The standard InChI is InChI=1S/C8H14N2O2/c1-8-6-9(2)3-4-10(8)7(11)5-12-8/h3-6H2,1-2H3. The number of ether oxygens (including phenoxy) is 1. The van der Waals surface area contributed by atoms with Gasteiger partial charge in [-0.25, -0.2) is 0 Å². The predicted molar refractivity (Wildman–Crippen MR) is 43.6 cm³/mol. The molecule has 0 bridgehead atoms. The number of carbonyl (C=O) groups is 1. The fourth-order valence-electron chi connectivity index (χ4n) is 1.98. The van der Waals surface area contributed by atoms with Crippen LogP contribution in [0.15, 0.2) is 0 Å². The molecule has 1 unspecified atom stereocenters. The molecular formula is C8H14N2O2. The summed E-state index contributed by atoms with van der Waals surface area (Å²) in [5.74, 6) is 0.130. The van der Waals surface area contributed by atoms with E-state index in [-0.39, 0.29) is 18.2 Å². The molecule has 12 heavy (non-hydrogen) atoms. The lowest BCUT2D eigenvalue weighted by Crippen LogP contribution is -2.58. The number of rotatable bonds is 0. The van der Waals surface area contributed by atoms with Gasteiger partial charge in [0.15, 0.2) is 5.72 Å². The van der Waals surface area contributed by atoms with E-state index >= 15 is 0 Å². The monoisotopic (exact) mass is 170 g/mol. The summed E-state index contributed by atoms with van der Waals surface area (Å²) in [6, 6.07) is 0. The Hall–Kier alpha value is -0.610. The number of hydrogen-bond acceptors (Lipinski definition) is 3. The van der Waals surface area contributed by atoms with Gasteiger partial charge in [-0.15, -0.1) is 0 Å². The second-order valence-corrected chi connectivity index (χ2v) is 3.75. The molecule has 4 nitrogen and oxygen atoms in total. The van der Waals surface area contributed by atoms with E-state index in [1.807, 2.05) is 11.8 Å². The maximum Gasteiger partial charge on any atom is 0.251 e. The lowest BCUT2D eigenvalue weighted by Gasteiger charge is -2.41. The summed E-state index contributed by atoms with van der Waals surface area (Å²) in [4.78, 5) is 15.3. The number of likely N-dealkylation sites (N-methyl/N-ethyl adjacent to an activating group) is 1. The Morgan fingerprint density at radius 1 is 1.50 bits per heavy atom.